The van der Waals surface area contributed by atoms with Crippen LogP contribution in [-0.2, 0) is 11.2 Å². The number of nitrogens with one attached hydrogen (secondary N) is 2. The highest BCUT2D eigenvalue weighted by Gasteiger charge is 2.26. The molecule has 1 aliphatic heterocycles. The maximum Gasteiger partial charge on any atom is 0.248 e. The molecule has 1 saturated carbocycles. The molecule has 28 heavy (non-hydrogen) atoms. The largest absolute Gasteiger partial charge is 0.355 e. The molecule has 2 aromatic rings. The van der Waals surface area contributed by atoms with Gasteiger partial charge in [0.15, 0.2) is 11.0 Å². The van der Waals surface area contributed by atoms with Crippen molar-refractivity contribution in [2.45, 2.75) is 51.4 Å². The highest BCUT2D eigenvalue weighted by Crippen LogP contribution is 2.28. The van der Waals surface area contributed by atoms with Crippen LogP contribution in [0.2, 0.25) is 5.15 Å². The van der Waals surface area contributed by atoms with Gasteiger partial charge in [-0.25, -0.2) is 0 Å². The molecule has 1 saturated heterocycles. The van der Waals surface area contributed by atoms with Gasteiger partial charge >= 0.3 is 0 Å². The number of aromatic nitrogens is 5. The van der Waals surface area contributed by atoms with Gasteiger partial charge < -0.3 is 4.90 Å². The van der Waals surface area contributed by atoms with Crippen molar-refractivity contribution in [1.29, 1.82) is 0 Å². The first kappa shape index (κ1) is 19.1. The lowest BCUT2D eigenvalue weighted by Gasteiger charge is -2.31. The molecule has 0 unspecified atom stereocenters. The molecule has 0 atom stereocenters. The molecule has 3 heterocycles. The lowest BCUT2D eigenvalue weighted by molar-refractivity contribution is -0.120. The summed E-state index contributed by atoms with van der Waals surface area (Å²) in [5, 5.41) is 18.4. The summed E-state index contributed by atoms with van der Waals surface area (Å²) in [6.07, 6.45) is 8.93. The Bertz CT molecular complexity index is 780. The number of aryl methyl sites for hydroxylation is 1. The van der Waals surface area contributed by atoms with Crippen LogP contribution in [0.1, 0.15) is 50.8 Å². The minimum Gasteiger partial charge on any atom is -0.355 e. The smallest absolute Gasteiger partial charge is 0.248 e. The molecule has 2 aromatic heterocycles. The predicted molar refractivity (Wildman–Crippen MR) is 107 cm³/mol. The van der Waals surface area contributed by atoms with Crippen LogP contribution in [0, 0.1) is 11.8 Å². The number of aromatic amines is 1. The molecular formula is C19H26ClN7O. The van der Waals surface area contributed by atoms with Gasteiger partial charge in [-0.2, -0.15) is 4.98 Å². The van der Waals surface area contributed by atoms with Crippen molar-refractivity contribution in [3.05, 3.63) is 23.1 Å². The first-order chi connectivity index (χ1) is 13.7. The van der Waals surface area contributed by atoms with Crippen LogP contribution in [0.4, 0.5) is 11.8 Å². The number of piperidine rings is 1. The van der Waals surface area contributed by atoms with Gasteiger partial charge in [-0.3, -0.25) is 15.2 Å². The number of halogens is 1. The van der Waals surface area contributed by atoms with Crippen LogP contribution in [0.15, 0.2) is 12.1 Å². The number of rotatable bonds is 6. The topological polar surface area (TPSA) is 99.7 Å². The van der Waals surface area contributed by atoms with E-state index in [2.05, 4.69) is 35.6 Å². The molecule has 0 aromatic carbocycles. The molecular weight excluding hydrogens is 378 g/mol. The molecule has 8 nitrogen and oxygen atoms in total. The third kappa shape index (κ3) is 4.79. The monoisotopic (exact) mass is 403 g/mol. The Kier molecular flexibility index (Phi) is 6.04. The Labute approximate surface area is 169 Å². The quantitative estimate of drug-likeness (QED) is 0.768. The summed E-state index contributed by atoms with van der Waals surface area (Å²) < 4.78 is 0. The Morgan fingerprint density at radius 1 is 1.18 bits per heavy atom. The summed E-state index contributed by atoms with van der Waals surface area (Å²) >= 11 is 5.79. The van der Waals surface area contributed by atoms with Crippen LogP contribution in [0.5, 0.6) is 0 Å². The van der Waals surface area contributed by atoms with Crippen molar-refractivity contribution >= 4 is 29.3 Å². The molecule has 150 valence electrons. The molecule has 4 rings (SSSR count). The minimum atomic E-state index is -0.0445. The van der Waals surface area contributed by atoms with Crippen molar-refractivity contribution in [2.75, 3.05) is 23.3 Å². The molecule has 2 N–H and O–H groups in total. The Balaban J connectivity index is 1.23. The molecule has 0 radical (unpaired) electrons. The second-order valence-electron chi connectivity index (χ2n) is 7.76. The van der Waals surface area contributed by atoms with Crippen LogP contribution in [0.3, 0.4) is 0 Å². The van der Waals surface area contributed by atoms with E-state index in [0.717, 1.165) is 56.3 Å². The SMILES string of the molecule is O=C(Nc1n[nH]c(CCC2CCCC2)n1)C1CCN(c2ccc(Cl)nn2)CC1. The standard InChI is InChI=1S/C19H26ClN7O/c20-15-6-8-17(25-23-15)27-11-9-14(10-12-27)18(28)22-19-21-16(24-26-19)7-5-13-3-1-2-4-13/h6,8,13-14H,1-5,7,9-12H2,(H2,21,22,24,26,28). The summed E-state index contributed by atoms with van der Waals surface area (Å²) in [5.74, 6) is 2.80. The third-order valence-corrected chi connectivity index (χ3v) is 6.04. The van der Waals surface area contributed by atoms with E-state index in [1.54, 1.807) is 6.07 Å². The average Bonchev–Trinajstić information content (AvgIpc) is 3.39. The molecule has 0 spiro atoms. The average molecular weight is 404 g/mol. The zero-order chi connectivity index (χ0) is 19.3. The van der Waals surface area contributed by atoms with E-state index in [9.17, 15) is 4.79 Å². The zero-order valence-corrected chi connectivity index (χ0v) is 16.7. The highest BCUT2D eigenvalue weighted by molar-refractivity contribution is 6.29. The first-order valence-corrected chi connectivity index (χ1v) is 10.5. The van der Waals surface area contributed by atoms with Gasteiger partial charge in [0, 0.05) is 25.4 Å². The van der Waals surface area contributed by atoms with E-state index in [0.29, 0.717) is 11.1 Å². The number of anilines is 2. The summed E-state index contributed by atoms with van der Waals surface area (Å²) in [6.45, 7) is 1.52. The highest BCUT2D eigenvalue weighted by atomic mass is 35.5. The fourth-order valence-electron chi connectivity index (χ4n) is 4.16. The zero-order valence-electron chi connectivity index (χ0n) is 15.9. The summed E-state index contributed by atoms with van der Waals surface area (Å²) in [6, 6.07) is 3.59. The molecule has 0 bridgehead atoms. The van der Waals surface area contributed by atoms with E-state index in [1.165, 1.54) is 25.7 Å². The van der Waals surface area contributed by atoms with Gasteiger partial charge in [0.1, 0.15) is 5.82 Å². The normalized spacial score (nSPS) is 18.5. The van der Waals surface area contributed by atoms with Crippen LogP contribution >= 0.6 is 11.6 Å². The maximum atomic E-state index is 12.6. The number of carbonyl (C=O) groups is 1. The van der Waals surface area contributed by atoms with Gasteiger partial charge in [0.25, 0.3) is 0 Å². The summed E-state index contributed by atoms with van der Waals surface area (Å²) in [5.41, 5.74) is 0. The van der Waals surface area contributed by atoms with E-state index in [1.807, 2.05) is 6.07 Å². The van der Waals surface area contributed by atoms with Crippen molar-refractivity contribution in [3.8, 4) is 0 Å². The lowest BCUT2D eigenvalue weighted by Crippen LogP contribution is -2.38. The molecule has 1 amide bonds. The number of hydrogen-bond donors (Lipinski definition) is 2. The third-order valence-electron chi connectivity index (χ3n) is 5.84. The Morgan fingerprint density at radius 2 is 1.96 bits per heavy atom. The van der Waals surface area contributed by atoms with Gasteiger partial charge in [-0.1, -0.05) is 37.3 Å². The van der Waals surface area contributed by atoms with E-state index < -0.39 is 0 Å². The fourth-order valence-corrected chi connectivity index (χ4v) is 4.26. The van der Waals surface area contributed by atoms with Gasteiger partial charge in [0.05, 0.1) is 0 Å². The number of carbonyl (C=O) groups excluding carboxylic acids is 1. The lowest BCUT2D eigenvalue weighted by atomic mass is 9.96. The Hall–Kier alpha value is -2.22. The Morgan fingerprint density at radius 3 is 2.68 bits per heavy atom. The van der Waals surface area contributed by atoms with Crippen molar-refractivity contribution in [3.63, 3.8) is 0 Å². The molecule has 9 heteroatoms. The second kappa shape index (κ2) is 8.86. The van der Waals surface area contributed by atoms with E-state index in [4.69, 9.17) is 11.6 Å². The van der Waals surface area contributed by atoms with Crippen LogP contribution in [-0.4, -0.2) is 44.4 Å². The number of nitrogens with zero attached hydrogens (tertiary/aromatic N) is 5. The van der Waals surface area contributed by atoms with Crippen LogP contribution < -0.4 is 10.2 Å². The fraction of sp³-hybridized carbons (Fsp3) is 0.632. The summed E-state index contributed by atoms with van der Waals surface area (Å²) in [4.78, 5) is 19.1. The van der Waals surface area contributed by atoms with Gasteiger partial charge in [-0.15, -0.1) is 15.3 Å². The van der Waals surface area contributed by atoms with Crippen LogP contribution in [0.25, 0.3) is 0 Å². The molecule has 2 aliphatic rings. The number of amides is 1. The van der Waals surface area contributed by atoms with Crippen molar-refractivity contribution in [1.82, 2.24) is 25.4 Å². The molecule has 2 fully saturated rings. The predicted octanol–water partition coefficient (Wildman–Crippen LogP) is 3.23. The van der Waals surface area contributed by atoms with Crippen molar-refractivity contribution < 1.29 is 4.79 Å². The first-order valence-electron chi connectivity index (χ1n) is 10.1. The molecule has 1 aliphatic carbocycles. The maximum absolute atomic E-state index is 12.6. The number of H-pyrrole nitrogens is 1. The minimum absolute atomic E-state index is 0.0109. The summed E-state index contributed by atoms with van der Waals surface area (Å²) in [7, 11) is 0. The van der Waals surface area contributed by atoms with Gasteiger partial charge in [-0.05, 0) is 37.3 Å². The van der Waals surface area contributed by atoms with E-state index >= 15 is 0 Å². The number of hydrogen-bond acceptors (Lipinski definition) is 6. The second-order valence-corrected chi connectivity index (χ2v) is 8.15. The van der Waals surface area contributed by atoms with Gasteiger partial charge in [0.2, 0.25) is 11.9 Å². The van der Waals surface area contributed by atoms with E-state index in [-0.39, 0.29) is 11.8 Å². The van der Waals surface area contributed by atoms with Crippen molar-refractivity contribution in [2.24, 2.45) is 11.8 Å².